The first kappa shape index (κ1) is 34.8. The highest BCUT2D eigenvalue weighted by Crippen LogP contribution is 1.97. The molecule has 164 valence electrons. The molecule has 0 saturated carbocycles. The molecule has 0 rings (SSSR count). The van der Waals surface area contributed by atoms with Crippen molar-refractivity contribution in [3.63, 3.8) is 0 Å². The summed E-state index contributed by atoms with van der Waals surface area (Å²) in [6, 6.07) is 0. The van der Waals surface area contributed by atoms with Crippen molar-refractivity contribution in [2.75, 3.05) is 48.7 Å². The predicted octanol–water partition coefficient (Wildman–Crippen LogP) is -2.54. The van der Waals surface area contributed by atoms with Crippen molar-refractivity contribution in [1.29, 1.82) is 0 Å². The third kappa shape index (κ3) is 32.9. The molecule has 0 heterocycles. The molecule has 0 aromatic heterocycles. The molecule has 0 spiro atoms. The number of aliphatic hydroxyl groups is 7. The topological polar surface area (TPSA) is 159 Å². The van der Waals surface area contributed by atoms with E-state index in [1.165, 1.54) is 0 Å². The number of rotatable bonds is 8. The highest BCUT2D eigenvalue weighted by atomic mass is 32.2. The zero-order valence-electron chi connectivity index (χ0n) is 14.9. The van der Waals surface area contributed by atoms with Gasteiger partial charge in [-0.05, 0) is 0 Å². The molecule has 0 saturated heterocycles. The summed E-state index contributed by atoms with van der Waals surface area (Å²) in [6.07, 6.45) is -0.636. The monoisotopic (exact) mass is 478 g/mol. The van der Waals surface area contributed by atoms with Gasteiger partial charge in [-0.2, -0.15) is 50.5 Å². The summed E-state index contributed by atoms with van der Waals surface area (Å²) in [5.74, 6) is 1.12. The molecule has 7 N–H and O–H groups in total. The second-order valence-electron chi connectivity index (χ2n) is 4.76. The van der Waals surface area contributed by atoms with Crippen molar-refractivity contribution < 1.29 is 40.0 Å². The molecule has 0 aliphatic carbocycles. The van der Waals surface area contributed by atoms with E-state index in [1.54, 1.807) is 12.5 Å². The summed E-state index contributed by atoms with van der Waals surface area (Å²) < 4.78 is 9.56. The minimum absolute atomic E-state index is 0.279. The average Bonchev–Trinajstić information content (AvgIpc) is 2.64. The van der Waals surface area contributed by atoms with E-state index in [0.717, 1.165) is 0 Å². The van der Waals surface area contributed by atoms with E-state index in [4.69, 9.17) is 35.7 Å². The summed E-state index contributed by atoms with van der Waals surface area (Å²) in [4.78, 5) is 0. The van der Waals surface area contributed by atoms with Crippen LogP contribution in [0.5, 0.6) is 0 Å². The smallest absolute Gasteiger partial charge is 0.100 e. The summed E-state index contributed by atoms with van der Waals surface area (Å²) in [5.41, 5.74) is 0. The Balaban J connectivity index is -0.000000128. The van der Waals surface area contributed by atoms with Gasteiger partial charge in [0.15, 0.2) is 0 Å². The van der Waals surface area contributed by atoms with E-state index in [2.05, 4.69) is 50.5 Å². The molecule has 0 aromatic carbocycles. The summed E-state index contributed by atoms with van der Waals surface area (Å²) in [5, 5.41) is 59.0. The van der Waals surface area contributed by atoms with E-state index in [1.807, 2.05) is 0 Å². The van der Waals surface area contributed by atoms with Gasteiger partial charge in [0.25, 0.3) is 0 Å². The quantitative estimate of drug-likeness (QED) is 0.170. The van der Waals surface area contributed by atoms with Crippen molar-refractivity contribution in [2.45, 2.75) is 30.5 Å². The number of hydrogen-bond acceptors (Lipinski definition) is 12. The molecule has 13 heteroatoms. The van der Waals surface area contributed by atoms with Crippen LogP contribution < -0.4 is 0 Å². The maximum atomic E-state index is 9.56. The minimum Gasteiger partial charge on any atom is -0.394 e. The lowest BCUT2D eigenvalue weighted by atomic mass is 10.3. The van der Waals surface area contributed by atoms with Crippen LogP contribution in [0.15, 0.2) is 0 Å². The maximum absolute atomic E-state index is 9.56. The van der Waals surface area contributed by atoms with Gasteiger partial charge < -0.3 is 35.7 Å². The molecule has 0 unspecified atom stereocenters. The van der Waals surface area contributed by atoms with Gasteiger partial charge in [-0.25, -0.2) is 0 Å². The van der Waals surface area contributed by atoms with Crippen molar-refractivity contribution in [3.8, 4) is 0 Å². The second kappa shape index (κ2) is 26.3. The van der Waals surface area contributed by atoms with Gasteiger partial charge in [-0.1, -0.05) is 0 Å². The van der Waals surface area contributed by atoms with E-state index in [-0.39, 0.29) is 36.2 Å². The Kier molecular flexibility index (Phi) is 35.1. The Morgan fingerprint density at radius 3 is 0.846 bits per heavy atom. The van der Waals surface area contributed by atoms with E-state index < -0.39 is 41.3 Å². The summed E-state index contributed by atoms with van der Waals surface area (Å²) in [6.45, 7) is -0.729. The van der Waals surface area contributed by atoms with Crippen LogP contribution in [0.2, 0.25) is 0 Å². The molecule has 0 aliphatic heterocycles. The van der Waals surface area contributed by atoms with Crippen LogP contribution >= 0.6 is 50.5 Å². The Hall–Kier alpha value is 1.27. The Labute approximate surface area is 180 Å². The molecular formula is C13H34O8S5. The molecular weight excluding hydrogens is 444 g/mol. The lowest BCUT2D eigenvalue weighted by Gasteiger charge is -2.11. The van der Waals surface area contributed by atoms with Crippen molar-refractivity contribution in [2.24, 2.45) is 0 Å². The average molecular weight is 479 g/mol. The zero-order valence-corrected chi connectivity index (χ0v) is 19.3. The standard InChI is InChI=1S/2C4H10O2S2.C3H8O3.C2H6OS/c2*5-3(1-7)4(6)2-8;4-1-3(6)2-5;1-4(2)3/h2*3-8H,1-2H2;3-6H,1-2H2;1-2H3/t3-,4+;3-,4-;;/m.1../s1. The molecule has 0 radical (unpaired) electrons. The normalized spacial score (nSPS) is 14.7. The summed E-state index contributed by atoms with van der Waals surface area (Å²) >= 11 is 15.1. The Morgan fingerprint density at radius 1 is 0.654 bits per heavy atom. The van der Waals surface area contributed by atoms with Crippen LogP contribution in [-0.4, -0.2) is 119 Å². The zero-order chi connectivity index (χ0) is 21.7. The number of hydrogen-bond donors (Lipinski definition) is 11. The molecule has 0 fully saturated rings. The highest BCUT2D eigenvalue weighted by Gasteiger charge is 2.11. The molecule has 26 heavy (non-hydrogen) atoms. The minimum atomic E-state index is -0.954. The molecule has 8 nitrogen and oxygen atoms in total. The lowest BCUT2D eigenvalue weighted by Crippen LogP contribution is -2.28. The molecule has 0 amide bonds. The maximum Gasteiger partial charge on any atom is 0.100 e. The van der Waals surface area contributed by atoms with Crippen LogP contribution in [0, 0.1) is 0 Å². The van der Waals surface area contributed by atoms with Crippen LogP contribution in [0.1, 0.15) is 0 Å². The van der Waals surface area contributed by atoms with Gasteiger partial charge in [-0.15, -0.1) is 0 Å². The molecule has 0 aromatic rings. The van der Waals surface area contributed by atoms with Gasteiger partial charge in [0, 0.05) is 46.3 Å². The highest BCUT2D eigenvalue weighted by molar-refractivity contribution is 7.83. The lowest BCUT2D eigenvalue weighted by molar-refractivity contribution is 0.0450. The first-order valence-electron chi connectivity index (χ1n) is 7.29. The van der Waals surface area contributed by atoms with Crippen LogP contribution in [-0.2, 0) is 10.8 Å². The first-order chi connectivity index (χ1) is 12.0. The summed E-state index contributed by atoms with van der Waals surface area (Å²) in [7, 11) is -0.611. The predicted molar refractivity (Wildman–Crippen MR) is 120 cm³/mol. The fourth-order valence-electron chi connectivity index (χ4n) is 0.544. The van der Waals surface area contributed by atoms with Gasteiger partial charge in [-0.3, -0.25) is 4.21 Å². The molecule has 0 aliphatic rings. The van der Waals surface area contributed by atoms with Crippen LogP contribution in [0.25, 0.3) is 0 Å². The van der Waals surface area contributed by atoms with Crippen molar-refractivity contribution in [1.82, 2.24) is 0 Å². The first-order valence-corrected chi connectivity index (χ1v) is 11.8. The van der Waals surface area contributed by atoms with Crippen molar-refractivity contribution >= 4 is 61.3 Å². The Morgan fingerprint density at radius 2 is 0.808 bits per heavy atom. The van der Waals surface area contributed by atoms with E-state index in [9.17, 15) is 4.21 Å². The van der Waals surface area contributed by atoms with Crippen molar-refractivity contribution in [3.05, 3.63) is 0 Å². The SMILES string of the molecule is CS(C)=O.OCC(O)CO.O[C@H](CS)[C@@H](O)CS.O[C@H](CS)[C@H](O)CS. The van der Waals surface area contributed by atoms with Crippen LogP contribution in [0.3, 0.4) is 0 Å². The van der Waals surface area contributed by atoms with E-state index >= 15 is 0 Å². The van der Waals surface area contributed by atoms with Crippen LogP contribution in [0.4, 0.5) is 0 Å². The van der Waals surface area contributed by atoms with E-state index in [0.29, 0.717) is 0 Å². The number of aliphatic hydroxyl groups excluding tert-OH is 7. The molecule has 4 atom stereocenters. The molecule has 0 bridgehead atoms. The third-order valence-corrected chi connectivity index (χ3v) is 3.55. The Bertz CT molecular complexity index is 251. The van der Waals surface area contributed by atoms with Gasteiger partial charge in [0.1, 0.15) is 6.10 Å². The largest absolute Gasteiger partial charge is 0.394 e. The number of thiol groups is 4. The van der Waals surface area contributed by atoms with Gasteiger partial charge in [0.05, 0.1) is 37.6 Å². The third-order valence-electron chi connectivity index (χ3n) is 2.06. The fourth-order valence-corrected chi connectivity index (χ4v) is 1.52. The van der Waals surface area contributed by atoms with Gasteiger partial charge >= 0.3 is 0 Å². The fraction of sp³-hybridized carbons (Fsp3) is 1.00. The van der Waals surface area contributed by atoms with Gasteiger partial charge in [0.2, 0.25) is 0 Å². The second-order valence-corrected chi connectivity index (χ2v) is 7.70.